The minimum Gasteiger partial charge on any atom is -0.371 e. The van der Waals surface area contributed by atoms with E-state index >= 15 is 0 Å². The van der Waals surface area contributed by atoms with Gasteiger partial charge in [-0.1, -0.05) is 25.0 Å². The van der Waals surface area contributed by atoms with Gasteiger partial charge in [0.2, 0.25) is 5.91 Å². The Kier molecular flexibility index (Phi) is 3.09. The first-order valence-corrected chi connectivity index (χ1v) is 6.14. The predicted molar refractivity (Wildman–Crippen MR) is 69.7 cm³/mol. The van der Waals surface area contributed by atoms with Crippen molar-refractivity contribution in [2.24, 2.45) is 11.7 Å². The number of anilines is 1. The van der Waals surface area contributed by atoms with Crippen LogP contribution in [0.25, 0.3) is 0 Å². The molecule has 1 saturated carbocycles. The van der Waals surface area contributed by atoms with E-state index in [1.807, 2.05) is 38.1 Å². The average molecular weight is 232 g/mol. The van der Waals surface area contributed by atoms with Gasteiger partial charge >= 0.3 is 0 Å². The van der Waals surface area contributed by atoms with Gasteiger partial charge < -0.3 is 11.1 Å². The molecule has 3 N–H and O–H groups in total. The number of amides is 1. The molecule has 1 atom stereocenters. The first-order valence-electron chi connectivity index (χ1n) is 6.14. The van der Waals surface area contributed by atoms with Crippen molar-refractivity contribution in [3.05, 3.63) is 29.8 Å². The Bertz CT molecular complexity index is 426. The molecule has 3 nitrogen and oxygen atoms in total. The fourth-order valence-corrected chi connectivity index (χ4v) is 2.15. The number of carbonyl (C=O) groups excluding carboxylic acids is 1. The number of nitrogens with two attached hydrogens (primary N) is 1. The van der Waals surface area contributed by atoms with Gasteiger partial charge in [-0.2, -0.15) is 0 Å². The third-order valence-corrected chi connectivity index (χ3v) is 3.38. The molecule has 0 heterocycles. The van der Waals surface area contributed by atoms with Gasteiger partial charge in [0.1, 0.15) is 5.54 Å². The van der Waals surface area contributed by atoms with E-state index < -0.39 is 5.54 Å². The van der Waals surface area contributed by atoms with Crippen LogP contribution in [0, 0.1) is 12.8 Å². The molecular weight excluding hydrogens is 212 g/mol. The highest BCUT2D eigenvalue weighted by Crippen LogP contribution is 2.37. The summed E-state index contributed by atoms with van der Waals surface area (Å²) in [7, 11) is 0. The van der Waals surface area contributed by atoms with Crippen molar-refractivity contribution >= 4 is 11.6 Å². The maximum atomic E-state index is 11.6. The zero-order valence-corrected chi connectivity index (χ0v) is 10.5. The van der Waals surface area contributed by atoms with Gasteiger partial charge in [-0.25, -0.2) is 0 Å². The molecule has 0 radical (unpaired) electrons. The molecule has 1 aliphatic carbocycles. The molecule has 2 rings (SSSR count). The lowest BCUT2D eigenvalue weighted by atomic mass is 9.93. The summed E-state index contributed by atoms with van der Waals surface area (Å²) >= 11 is 0. The van der Waals surface area contributed by atoms with Crippen LogP contribution in [0.1, 0.15) is 31.7 Å². The molecule has 92 valence electrons. The van der Waals surface area contributed by atoms with Gasteiger partial charge in [0, 0.05) is 5.69 Å². The number of carbonyl (C=O) groups is 1. The van der Waals surface area contributed by atoms with Crippen LogP contribution in [0.15, 0.2) is 24.3 Å². The number of hydrogen-bond donors (Lipinski definition) is 2. The standard InChI is InChI=1S/C14H20N2O/c1-10-4-3-5-12(8-10)16-14(2,13(15)17)9-11-6-7-11/h3-5,8,11,16H,6-7,9H2,1-2H3,(H2,15,17). The molecule has 1 amide bonds. The number of aryl methyl sites for hydroxylation is 1. The summed E-state index contributed by atoms with van der Waals surface area (Å²) in [4.78, 5) is 11.6. The van der Waals surface area contributed by atoms with E-state index in [9.17, 15) is 4.79 Å². The molecule has 0 aliphatic heterocycles. The summed E-state index contributed by atoms with van der Waals surface area (Å²) in [5, 5.41) is 3.29. The molecule has 1 aliphatic rings. The van der Waals surface area contributed by atoms with Crippen molar-refractivity contribution in [3.63, 3.8) is 0 Å². The molecule has 17 heavy (non-hydrogen) atoms. The van der Waals surface area contributed by atoms with E-state index in [-0.39, 0.29) is 5.91 Å². The largest absolute Gasteiger partial charge is 0.371 e. The fourth-order valence-electron chi connectivity index (χ4n) is 2.15. The zero-order chi connectivity index (χ0) is 12.5. The minimum atomic E-state index is -0.630. The molecule has 1 unspecified atom stereocenters. The van der Waals surface area contributed by atoms with Gasteiger partial charge in [-0.3, -0.25) is 4.79 Å². The van der Waals surface area contributed by atoms with Crippen LogP contribution in [0.4, 0.5) is 5.69 Å². The Morgan fingerprint density at radius 1 is 1.53 bits per heavy atom. The predicted octanol–water partition coefficient (Wildman–Crippen LogP) is 2.45. The minimum absolute atomic E-state index is 0.272. The summed E-state index contributed by atoms with van der Waals surface area (Å²) < 4.78 is 0. The van der Waals surface area contributed by atoms with E-state index in [1.165, 1.54) is 18.4 Å². The molecule has 0 bridgehead atoms. The third kappa shape index (κ3) is 2.99. The summed E-state index contributed by atoms with van der Waals surface area (Å²) in [6, 6.07) is 8.03. The lowest BCUT2D eigenvalue weighted by Gasteiger charge is -2.28. The first-order chi connectivity index (χ1) is 7.99. The average Bonchev–Trinajstić information content (AvgIpc) is 3.01. The third-order valence-electron chi connectivity index (χ3n) is 3.38. The highest BCUT2D eigenvalue weighted by molar-refractivity contribution is 5.87. The van der Waals surface area contributed by atoms with E-state index in [0.29, 0.717) is 5.92 Å². The van der Waals surface area contributed by atoms with Crippen molar-refractivity contribution in [2.45, 2.75) is 38.6 Å². The van der Waals surface area contributed by atoms with Crippen molar-refractivity contribution < 1.29 is 4.79 Å². The molecular formula is C14H20N2O. The summed E-state index contributed by atoms with van der Waals surface area (Å²) in [5.41, 5.74) is 7.04. The number of rotatable bonds is 5. The van der Waals surface area contributed by atoms with Crippen LogP contribution in [-0.4, -0.2) is 11.4 Å². The van der Waals surface area contributed by atoms with Gasteiger partial charge in [0.05, 0.1) is 0 Å². The molecule has 0 spiro atoms. The highest BCUT2D eigenvalue weighted by Gasteiger charge is 2.37. The number of benzene rings is 1. The maximum Gasteiger partial charge on any atom is 0.242 e. The summed E-state index contributed by atoms with van der Waals surface area (Å²) in [6.45, 7) is 3.93. The van der Waals surface area contributed by atoms with Crippen molar-refractivity contribution in [2.75, 3.05) is 5.32 Å². The SMILES string of the molecule is Cc1cccc(NC(C)(CC2CC2)C(N)=O)c1. The topological polar surface area (TPSA) is 55.1 Å². The molecule has 3 heteroatoms. The molecule has 1 aromatic carbocycles. The molecule has 0 saturated heterocycles. The van der Waals surface area contributed by atoms with Gasteiger partial charge in [0.15, 0.2) is 0 Å². The second-order valence-electron chi connectivity index (χ2n) is 5.34. The van der Waals surface area contributed by atoms with Gasteiger partial charge in [-0.05, 0) is 43.9 Å². The number of nitrogens with one attached hydrogen (secondary N) is 1. The quantitative estimate of drug-likeness (QED) is 0.819. The van der Waals surface area contributed by atoms with E-state index in [1.54, 1.807) is 0 Å². The molecule has 1 fully saturated rings. The fraction of sp³-hybridized carbons (Fsp3) is 0.500. The summed E-state index contributed by atoms with van der Waals surface area (Å²) in [6.07, 6.45) is 3.27. The van der Waals surface area contributed by atoms with Gasteiger partial charge in [0.25, 0.3) is 0 Å². The lowest BCUT2D eigenvalue weighted by Crippen LogP contribution is -2.48. The molecule has 1 aromatic rings. The number of hydrogen-bond acceptors (Lipinski definition) is 2. The molecule has 0 aromatic heterocycles. The highest BCUT2D eigenvalue weighted by atomic mass is 16.1. The number of primary amides is 1. The zero-order valence-electron chi connectivity index (χ0n) is 10.5. The monoisotopic (exact) mass is 232 g/mol. The Hall–Kier alpha value is -1.51. The second-order valence-corrected chi connectivity index (χ2v) is 5.34. The lowest BCUT2D eigenvalue weighted by molar-refractivity contribution is -0.122. The van der Waals surface area contributed by atoms with E-state index in [0.717, 1.165) is 12.1 Å². The van der Waals surface area contributed by atoms with Crippen LogP contribution in [0.3, 0.4) is 0 Å². The van der Waals surface area contributed by atoms with Crippen molar-refractivity contribution in [1.82, 2.24) is 0 Å². The van der Waals surface area contributed by atoms with Crippen molar-refractivity contribution in [3.8, 4) is 0 Å². The van der Waals surface area contributed by atoms with E-state index in [4.69, 9.17) is 5.73 Å². The van der Waals surface area contributed by atoms with Gasteiger partial charge in [-0.15, -0.1) is 0 Å². The Balaban J connectivity index is 2.13. The smallest absolute Gasteiger partial charge is 0.242 e. The summed E-state index contributed by atoms with van der Waals surface area (Å²) in [5.74, 6) is 0.385. The normalized spacial score (nSPS) is 18.5. The van der Waals surface area contributed by atoms with Crippen LogP contribution in [0.5, 0.6) is 0 Å². The van der Waals surface area contributed by atoms with Crippen LogP contribution in [0.2, 0.25) is 0 Å². The first kappa shape index (κ1) is 12.0. The Morgan fingerprint density at radius 3 is 2.76 bits per heavy atom. The van der Waals surface area contributed by atoms with E-state index in [2.05, 4.69) is 5.32 Å². The maximum absolute atomic E-state index is 11.6. The van der Waals surface area contributed by atoms with Crippen molar-refractivity contribution in [1.29, 1.82) is 0 Å². The van der Waals surface area contributed by atoms with Crippen LogP contribution >= 0.6 is 0 Å². The van der Waals surface area contributed by atoms with Crippen LogP contribution < -0.4 is 11.1 Å². The Morgan fingerprint density at radius 2 is 2.24 bits per heavy atom. The second kappa shape index (κ2) is 4.40. The van der Waals surface area contributed by atoms with Crippen LogP contribution in [-0.2, 0) is 4.79 Å². The Labute approximate surface area is 102 Å².